The lowest BCUT2D eigenvalue weighted by atomic mass is 10.1. The van der Waals surface area contributed by atoms with E-state index in [1.54, 1.807) is 12.1 Å². The third kappa shape index (κ3) is 2.77. The summed E-state index contributed by atoms with van der Waals surface area (Å²) in [5, 5.41) is 13.6. The van der Waals surface area contributed by atoms with E-state index >= 15 is 0 Å². The van der Waals surface area contributed by atoms with Crippen LogP contribution in [-0.2, 0) is 4.79 Å². The van der Waals surface area contributed by atoms with E-state index in [0.717, 1.165) is 0 Å². The number of nitro groups is 1. The molecule has 2 aromatic heterocycles. The molecule has 3 aromatic rings. The number of ketones is 1. The Labute approximate surface area is 129 Å². The summed E-state index contributed by atoms with van der Waals surface area (Å²) in [5.74, 6) is -1.61. The van der Waals surface area contributed by atoms with Crippen molar-refractivity contribution >= 4 is 34.0 Å². The van der Waals surface area contributed by atoms with Crippen LogP contribution in [0.4, 0.5) is 11.4 Å². The predicted octanol–water partition coefficient (Wildman–Crippen LogP) is 2.29. The quantitative estimate of drug-likeness (QED) is 0.332. The zero-order chi connectivity index (χ0) is 16.4. The minimum absolute atomic E-state index is 0.0789. The third-order valence-corrected chi connectivity index (χ3v) is 3.27. The maximum Gasteiger partial charge on any atom is 0.296 e. The molecule has 0 unspecified atom stereocenters. The molecule has 0 saturated carbocycles. The van der Waals surface area contributed by atoms with Gasteiger partial charge in [-0.3, -0.25) is 24.7 Å². The molecule has 23 heavy (non-hydrogen) atoms. The molecular weight excluding hydrogens is 300 g/mol. The van der Waals surface area contributed by atoms with Crippen molar-refractivity contribution in [2.45, 2.75) is 0 Å². The summed E-state index contributed by atoms with van der Waals surface area (Å²) in [4.78, 5) is 41.3. The second kappa shape index (κ2) is 5.68. The van der Waals surface area contributed by atoms with Crippen molar-refractivity contribution in [3.8, 4) is 0 Å². The first-order chi connectivity index (χ1) is 11.1. The van der Waals surface area contributed by atoms with E-state index in [1.807, 2.05) is 0 Å². The van der Waals surface area contributed by atoms with Crippen LogP contribution in [0.3, 0.4) is 0 Å². The molecule has 0 spiro atoms. The van der Waals surface area contributed by atoms with Crippen molar-refractivity contribution in [2.75, 3.05) is 5.32 Å². The highest BCUT2D eigenvalue weighted by Gasteiger charge is 2.21. The fourth-order valence-corrected chi connectivity index (χ4v) is 2.16. The molecule has 0 atom stereocenters. The molecule has 0 aliphatic carbocycles. The number of nitrogens with zero attached hydrogens (tertiary/aromatic N) is 2. The summed E-state index contributed by atoms with van der Waals surface area (Å²) in [7, 11) is 0. The summed E-state index contributed by atoms with van der Waals surface area (Å²) in [5.41, 5.74) is 0.899. The molecule has 0 radical (unpaired) electrons. The Morgan fingerprint density at radius 1 is 1.17 bits per heavy atom. The van der Waals surface area contributed by atoms with Gasteiger partial charge in [0.15, 0.2) is 0 Å². The van der Waals surface area contributed by atoms with Gasteiger partial charge in [0.1, 0.15) is 0 Å². The number of Topliss-reactive ketones (excluding diaryl/α,β-unsaturated/α-hetero) is 1. The van der Waals surface area contributed by atoms with Crippen molar-refractivity contribution in [2.24, 2.45) is 0 Å². The molecule has 0 bridgehead atoms. The van der Waals surface area contributed by atoms with E-state index in [1.165, 1.54) is 36.8 Å². The first-order valence-electron chi connectivity index (χ1n) is 6.57. The Balaban J connectivity index is 1.92. The molecule has 114 valence electrons. The molecule has 2 N–H and O–H groups in total. The molecular formula is C15H10N4O4. The van der Waals surface area contributed by atoms with Crippen LogP contribution < -0.4 is 5.32 Å². The van der Waals surface area contributed by atoms with Gasteiger partial charge in [-0.05, 0) is 18.2 Å². The average Bonchev–Trinajstić information content (AvgIpc) is 2.98. The Bertz CT molecular complexity index is 918. The molecule has 0 aliphatic heterocycles. The van der Waals surface area contributed by atoms with Gasteiger partial charge in [0.25, 0.3) is 17.4 Å². The highest BCUT2D eigenvalue weighted by Crippen LogP contribution is 2.24. The zero-order valence-electron chi connectivity index (χ0n) is 11.6. The van der Waals surface area contributed by atoms with Crippen LogP contribution in [0.1, 0.15) is 10.4 Å². The Hall–Kier alpha value is -3.55. The number of aromatic nitrogens is 2. The van der Waals surface area contributed by atoms with Gasteiger partial charge in [-0.15, -0.1) is 0 Å². The molecule has 1 aromatic carbocycles. The van der Waals surface area contributed by atoms with E-state index in [4.69, 9.17) is 0 Å². The van der Waals surface area contributed by atoms with Gasteiger partial charge in [0.05, 0.1) is 10.5 Å². The van der Waals surface area contributed by atoms with Crippen LogP contribution in [0.5, 0.6) is 0 Å². The predicted molar refractivity (Wildman–Crippen MR) is 82.2 cm³/mol. The largest absolute Gasteiger partial charge is 0.360 e. The van der Waals surface area contributed by atoms with E-state index in [0.29, 0.717) is 16.6 Å². The SMILES string of the molecule is O=C(Nc1ccncc1)C(=O)c1c[nH]c2ccc([N+](=O)[O-])cc12. The van der Waals surface area contributed by atoms with Crippen LogP contribution in [-0.4, -0.2) is 26.6 Å². The maximum atomic E-state index is 12.3. The Morgan fingerprint density at radius 3 is 2.61 bits per heavy atom. The van der Waals surface area contributed by atoms with E-state index in [-0.39, 0.29) is 11.3 Å². The lowest BCUT2D eigenvalue weighted by molar-refractivity contribution is -0.384. The van der Waals surface area contributed by atoms with Crippen LogP contribution >= 0.6 is 0 Å². The fraction of sp³-hybridized carbons (Fsp3) is 0. The van der Waals surface area contributed by atoms with Crippen molar-refractivity contribution in [1.29, 1.82) is 0 Å². The number of anilines is 1. The summed E-state index contributed by atoms with van der Waals surface area (Å²) in [6.45, 7) is 0. The van der Waals surface area contributed by atoms with Gasteiger partial charge in [0, 0.05) is 47.3 Å². The number of aromatic amines is 1. The van der Waals surface area contributed by atoms with Crippen LogP contribution in [0, 0.1) is 10.1 Å². The van der Waals surface area contributed by atoms with E-state index < -0.39 is 16.6 Å². The normalized spacial score (nSPS) is 10.4. The number of carbonyl (C=O) groups excluding carboxylic acids is 2. The standard InChI is InChI=1S/C15H10N4O4/c20-14(15(21)18-9-3-5-16-6-4-9)12-8-17-13-2-1-10(19(22)23)7-11(12)13/h1-8,17H,(H,16,18,21). The highest BCUT2D eigenvalue weighted by molar-refractivity contribution is 6.48. The number of hydrogen-bond acceptors (Lipinski definition) is 5. The topological polar surface area (TPSA) is 118 Å². The molecule has 0 aliphatic rings. The second-order valence-electron chi connectivity index (χ2n) is 4.71. The number of pyridine rings is 1. The minimum Gasteiger partial charge on any atom is -0.360 e. The van der Waals surface area contributed by atoms with Crippen LogP contribution in [0.15, 0.2) is 48.9 Å². The fourth-order valence-electron chi connectivity index (χ4n) is 2.16. The van der Waals surface area contributed by atoms with Gasteiger partial charge < -0.3 is 10.3 Å². The van der Waals surface area contributed by atoms with Gasteiger partial charge in [-0.2, -0.15) is 0 Å². The van der Waals surface area contributed by atoms with Gasteiger partial charge >= 0.3 is 0 Å². The first-order valence-corrected chi connectivity index (χ1v) is 6.57. The van der Waals surface area contributed by atoms with Gasteiger partial charge in [-0.25, -0.2) is 0 Å². The smallest absolute Gasteiger partial charge is 0.296 e. The Morgan fingerprint density at radius 2 is 1.91 bits per heavy atom. The number of amides is 1. The molecule has 0 saturated heterocycles. The number of hydrogen-bond donors (Lipinski definition) is 2. The average molecular weight is 310 g/mol. The monoisotopic (exact) mass is 310 g/mol. The molecule has 8 nitrogen and oxygen atoms in total. The Kier molecular flexibility index (Phi) is 3.55. The van der Waals surface area contributed by atoms with Crippen molar-refractivity contribution < 1.29 is 14.5 Å². The highest BCUT2D eigenvalue weighted by atomic mass is 16.6. The number of nitrogens with one attached hydrogen (secondary N) is 2. The van der Waals surface area contributed by atoms with E-state index in [2.05, 4.69) is 15.3 Å². The number of H-pyrrole nitrogens is 1. The van der Waals surface area contributed by atoms with E-state index in [9.17, 15) is 19.7 Å². The van der Waals surface area contributed by atoms with Crippen molar-refractivity contribution in [3.05, 3.63) is 64.6 Å². The van der Waals surface area contributed by atoms with Crippen molar-refractivity contribution in [1.82, 2.24) is 9.97 Å². The minimum atomic E-state index is -0.830. The molecule has 3 rings (SSSR count). The molecule has 0 fully saturated rings. The number of non-ortho nitro benzene ring substituents is 1. The van der Waals surface area contributed by atoms with Crippen LogP contribution in [0.2, 0.25) is 0 Å². The number of nitro benzene ring substituents is 1. The zero-order valence-corrected chi connectivity index (χ0v) is 11.6. The van der Waals surface area contributed by atoms with Crippen LogP contribution in [0.25, 0.3) is 10.9 Å². The number of rotatable bonds is 4. The first kappa shape index (κ1) is 14.4. The summed E-state index contributed by atoms with van der Waals surface area (Å²) in [6, 6.07) is 7.17. The number of carbonyl (C=O) groups is 2. The van der Waals surface area contributed by atoms with Gasteiger partial charge in [0.2, 0.25) is 0 Å². The summed E-state index contributed by atoms with van der Waals surface area (Å²) >= 11 is 0. The van der Waals surface area contributed by atoms with Gasteiger partial charge in [-0.1, -0.05) is 0 Å². The molecule has 8 heteroatoms. The lowest BCUT2D eigenvalue weighted by Crippen LogP contribution is -2.22. The van der Waals surface area contributed by atoms with Crippen molar-refractivity contribution in [3.63, 3.8) is 0 Å². The summed E-state index contributed by atoms with van der Waals surface area (Å²) < 4.78 is 0. The summed E-state index contributed by atoms with van der Waals surface area (Å²) in [6.07, 6.45) is 4.33. The molecule has 1 amide bonds. The number of benzene rings is 1. The lowest BCUT2D eigenvalue weighted by Gasteiger charge is -2.03. The maximum absolute atomic E-state index is 12.3. The third-order valence-electron chi connectivity index (χ3n) is 3.27. The second-order valence-corrected chi connectivity index (χ2v) is 4.71. The number of fused-ring (bicyclic) bond motifs is 1. The molecule has 2 heterocycles.